The van der Waals surface area contributed by atoms with Crippen LogP contribution in [0.2, 0.25) is 0 Å². The highest BCUT2D eigenvalue weighted by atomic mass is 19.4. The molecule has 2 amide bonds. The molecule has 0 fully saturated rings. The van der Waals surface area contributed by atoms with Gasteiger partial charge in [-0.3, -0.25) is 4.90 Å². The molecule has 8 heteroatoms. The first kappa shape index (κ1) is 17.8. The Kier molecular flexibility index (Phi) is 4.86. The third-order valence-corrected chi connectivity index (χ3v) is 3.90. The second-order valence-corrected chi connectivity index (χ2v) is 5.20. The number of esters is 1. The Labute approximate surface area is 137 Å². The molecule has 0 unspecified atom stereocenters. The fourth-order valence-corrected chi connectivity index (χ4v) is 2.78. The molecule has 1 heterocycles. The summed E-state index contributed by atoms with van der Waals surface area (Å²) >= 11 is 0. The number of methoxy groups -OCH3 is 1. The second kappa shape index (κ2) is 6.54. The second-order valence-electron chi connectivity index (χ2n) is 5.20. The number of amides is 2. The van der Waals surface area contributed by atoms with E-state index in [0.29, 0.717) is 0 Å². The van der Waals surface area contributed by atoms with Crippen LogP contribution in [0.5, 0.6) is 0 Å². The molecule has 2 rings (SSSR count). The molecule has 1 aliphatic rings. The average Bonchev–Trinajstić information content (AvgIpc) is 2.53. The van der Waals surface area contributed by atoms with Crippen molar-refractivity contribution in [1.29, 1.82) is 0 Å². The Morgan fingerprint density at radius 3 is 2.50 bits per heavy atom. The van der Waals surface area contributed by atoms with Crippen LogP contribution in [0.25, 0.3) is 0 Å². The van der Waals surface area contributed by atoms with Crippen molar-refractivity contribution in [3.05, 3.63) is 46.7 Å². The van der Waals surface area contributed by atoms with Gasteiger partial charge in [0.15, 0.2) is 0 Å². The topological polar surface area (TPSA) is 58.6 Å². The maximum absolute atomic E-state index is 13.3. The van der Waals surface area contributed by atoms with Crippen molar-refractivity contribution in [2.75, 3.05) is 13.7 Å². The van der Waals surface area contributed by atoms with E-state index in [1.807, 2.05) is 0 Å². The Hall–Kier alpha value is -2.51. The molecule has 1 aromatic rings. The van der Waals surface area contributed by atoms with E-state index in [9.17, 15) is 22.8 Å². The molecule has 5 nitrogen and oxygen atoms in total. The number of halogens is 3. The van der Waals surface area contributed by atoms with Gasteiger partial charge in [-0.2, -0.15) is 13.2 Å². The van der Waals surface area contributed by atoms with Crippen LogP contribution in [0.15, 0.2) is 35.5 Å². The van der Waals surface area contributed by atoms with Crippen molar-refractivity contribution in [3.63, 3.8) is 0 Å². The third-order valence-electron chi connectivity index (χ3n) is 3.90. The highest BCUT2D eigenvalue weighted by Crippen LogP contribution is 2.39. The van der Waals surface area contributed by atoms with Gasteiger partial charge in [-0.15, -0.1) is 0 Å². The third kappa shape index (κ3) is 3.08. The SMILES string of the molecule is CCN1C(=O)N[C@@H](c2ccccc2C(F)(F)F)C(C(=O)OC)=C1C. The molecule has 1 N–H and O–H groups in total. The molecular weight excluding hydrogens is 325 g/mol. The lowest BCUT2D eigenvalue weighted by atomic mass is 9.91. The van der Waals surface area contributed by atoms with E-state index < -0.39 is 29.8 Å². The Morgan fingerprint density at radius 2 is 1.96 bits per heavy atom. The fourth-order valence-electron chi connectivity index (χ4n) is 2.78. The molecule has 0 spiro atoms. The van der Waals surface area contributed by atoms with Gasteiger partial charge in [0.25, 0.3) is 0 Å². The largest absolute Gasteiger partial charge is 0.466 e. The molecule has 0 aromatic heterocycles. The van der Waals surface area contributed by atoms with E-state index in [-0.39, 0.29) is 23.4 Å². The number of hydrogen-bond donors (Lipinski definition) is 1. The van der Waals surface area contributed by atoms with Gasteiger partial charge in [0, 0.05) is 12.2 Å². The van der Waals surface area contributed by atoms with E-state index >= 15 is 0 Å². The number of carbonyl (C=O) groups is 2. The minimum atomic E-state index is -4.61. The minimum absolute atomic E-state index is 0.0179. The van der Waals surface area contributed by atoms with E-state index in [4.69, 9.17) is 4.74 Å². The van der Waals surface area contributed by atoms with Crippen LogP contribution >= 0.6 is 0 Å². The summed E-state index contributed by atoms with van der Waals surface area (Å²) in [6.07, 6.45) is -4.61. The summed E-state index contributed by atoms with van der Waals surface area (Å²) in [6.45, 7) is 3.48. The number of allylic oxidation sites excluding steroid dienone is 1. The number of nitrogens with one attached hydrogen (secondary N) is 1. The lowest BCUT2D eigenvalue weighted by Gasteiger charge is -2.35. The van der Waals surface area contributed by atoms with Crippen molar-refractivity contribution in [2.45, 2.75) is 26.1 Å². The lowest BCUT2D eigenvalue weighted by Crippen LogP contribution is -2.48. The van der Waals surface area contributed by atoms with Gasteiger partial charge in [0.05, 0.1) is 24.3 Å². The quantitative estimate of drug-likeness (QED) is 0.858. The number of hydrogen-bond acceptors (Lipinski definition) is 3. The molecule has 1 atom stereocenters. The van der Waals surface area contributed by atoms with Crippen molar-refractivity contribution in [2.24, 2.45) is 0 Å². The van der Waals surface area contributed by atoms with Gasteiger partial charge in [-0.05, 0) is 25.5 Å². The number of rotatable bonds is 3. The lowest BCUT2D eigenvalue weighted by molar-refractivity contribution is -0.140. The summed E-state index contributed by atoms with van der Waals surface area (Å²) in [5.74, 6) is -0.784. The predicted octanol–water partition coefficient (Wildman–Crippen LogP) is 3.24. The first-order chi connectivity index (χ1) is 11.2. The molecule has 1 aromatic carbocycles. The van der Waals surface area contributed by atoms with Crippen molar-refractivity contribution >= 4 is 12.0 Å². The van der Waals surface area contributed by atoms with Crippen molar-refractivity contribution < 1.29 is 27.5 Å². The van der Waals surface area contributed by atoms with Crippen LogP contribution in [0.1, 0.15) is 31.0 Å². The summed E-state index contributed by atoms with van der Waals surface area (Å²) in [7, 11) is 1.14. The van der Waals surface area contributed by atoms with Crippen LogP contribution in [-0.2, 0) is 15.7 Å². The number of benzene rings is 1. The first-order valence-electron chi connectivity index (χ1n) is 7.25. The summed E-state index contributed by atoms with van der Waals surface area (Å²) in [6, 6.07) is 3.04. The summed E-state index contributed by atoms with van der Waals surface area (Å²) in [5.41, 5.74) is -0.853. The van der Waals surface area contributed by atoms with Crippen LogP contribution in [0.4, 0.5) is 18.0 Å². The average molecular weight is 342 g/mol. The Bertz CT molecular complexity index is 698. The number of urea groups is 1. The normalized spacial score (nSPS) is 18.5. The van der Waals surface area contributed by atoms with Crippen LogP contribution in [-0.4, -0.2) is 30.6 Å². The Morgan fingerprint density at radius 1 is 1.33 bits per heavy atom. The highest BCUT2D eigenvalue weighted by molar-refractivity contribution is 5.95. The summed E-state index contributed by atoms with van der Waals surface area (Å²) < 4.78 is 44.6. The number of carbonyl (C=O) groups excluding carboxylic acids is 2. The molecule has 0 radical (unpaired) electrons. The molecule has 24 heavy (non-hydrogen) atoms. The zero-order chi connectivity index (χ0) is 18.1. The van der Waals surface area contributed by atoms with E-state index in [0.717, 1.165) is 13.2 Å². The first-order valence-corrected chi connectivity index (χ1v) is 7.25. The van der Waals surface area contributed by atoms with E-state index in [1.165, 1.54) is 30.0 Å². The van der Waals surface area contributed by atoms with Crippen molar-refractivity contribution in [1.82, 2.24) is 10.2 Å². The molecule has 0 bridgehead atoms. The molecule has 0 saturated heterocycles. The van der Waals surface area contributed by atoms with Gasteiger partial charge in [0.2, 0.25) is 0 Å². The maximum atomic E-state index is 13.3. The van der Waals surface area contributed by atoms with Gasteiger partial charge in [-0.1, -0.05) is 18.2 Å². The number of ether oxygens (including phenoxy) is 1. The van der Waals surface area contributed by atoms with Crippen LogP contribution in [0, 0.1) is 0 Å². The highest BCUT2D eigenvalue weighted by Gasteiger charge is 2.41. The zero-order valence-electron chi connectivity index (χ0n) is 13.4. The van der Waals surface area contributed by atoms with Gasteiger partial charge in [-0.25, -0.2) is 9.59 Å². The summed E-state index contributed by atoms with van der Waals surface area (Å²) in [4.78, 5) is 25.6. The van der Waals surface area contributed by atoms with Crippen LogP contribution < -0.4 is 5.32 Å². The van der Waals surface area contributed by atoms with E-state index in [2.05, 4.69) is 5.32 Å². The smallest absolute Gasteiger partial charge is 0.416 e. The van der Waals surface area contributed by atoms with Gasteiger partial charge < -0.3 is 10.1 Å². The standard InChI is InChI=1S/C16H17F3N2O3/c1-4-21-9(2)12(14(22)24-3)13(20-15(21)23)10-7-5-6-8-11(10)16(17,18)19/h5-8,13H,4H2,1-3H3,(H,20,23)/t13-/m0/s1. The number of nitrogens with zero attached hydrogens (tertiary/aromatic N) is 1. The minimum Gasteiger partial charge on any atom is -0.466 e. The maximum Gasteiger partial charge on any atom is 0.416 e. The molecule has 0 aliphatic carbocycles. The van der Waals surface area contributed by atoms with Crippen molar-refractivity contribution in [3.8, 4) is 0 Å². The Balaban J connectivity index is 2.67. The molecule has 1 aliphatic heterocycles. The predicted molar refractivity (Wildman–Crippen MR) is 79.8 cm³/mol. The molecular formula is C16H17F3N2O3. The molecule has 130 valence electrons. The van der Waals surface area contributed by atoms with Gasteiger partial charge >= 0.3 is 18.2 Å². The monoisotopic (exact) mass is 342 g/mol. The van der Waals surface area contributed by atoms with E-state index in [1.54, 1.807) is 6.92 Å². The fraction of sp³-hybridized carbons (Fsp3) is 0.375. The van der Waals surface area contributed by atoms with Gasteiger partial charge in [0.1, 0.15) is 0 Å². The summed E-state index contributed by atoms with van der Waals surface area (Å²) in [5, 5.41) is 2.47. The van der Waals surface area contributed by atoms with Crippen LogP contribution in [0.3, 0.4) is 0 Å². The molecule has 0 saturated carbocycles. The zero-order valence-corrected chi connectivity index (χ0v) is 13.4. The number of alkyl halides is 3.